The fraction of sp³-hybridized carbons (Fsp3) is 0.500. The fourth-order valence-electron chi connectivity index (χ4n) is 2.67. The molecule has 0 aromatic heterocycles. The average Bonchev–Trinajstić information content (AvgIpc) is 2.52. The second-order valence-electron chi connectivity index (χ2n) is 6.02. The third kappa shape index (κ3) is 4.92. The third-order valence-electron chi connectivity index (χ3n) is 3.98. The molecule has 2 amide bonds. The Balaban J connectivity index is 1.95. The Morgan fingerprint density at radius 2 is 1.86 bits per heavy atom. The number of rotatable bonds is 4. The maximum absolute atomic E-state index is 12.4. The van der Waals surface area contributed by atoms with Gasteiger partial charge in [0.25, 0.3) is 0 Å². The van der Waals surface area contributed by atoms with Gasteiger partial charge in [0.2, 0.25) is 0 Å². The van der Waals surface area contributed by atoms with Gasteiger partial charge in [-0.25, -0.2) is 4.79 Å². The molecule has 3 nitrogen and oxygen atoms in total. The van der Waals surface area contributed by atoms with E-state index >= 15 is 0 Å². The van der Waals surface area contributed by atoms with Crippen molar-refractivity contribution >= 4 is 6.03 Å². The highest BCUT2D eigenvalue weighted by Gasteiger charge is 2.16. The van der Waals surface area contributed by atoms with E-state index in [9.17, 15) is 4.79 Å². The van der Waals surface area contributed by atoms with Crippen molar-refractivity contribution in [1.29, 1.82) is 0 Å². The number of nitrogens with zero attached hydrogens (tertiary/aromatic N) is 1. The van der Waals surface area contributed by atoms with Crippen molar-refractivity contribution in [2.45, 2.75) is 58.5 Å². The molecule has 21 heavy (non-hydrogen) atoms. The zero-order chi connectivity index (χ0) is 15.1. The van der Waals surface area contributed by atoms with Crippen LogP contribution in [-0.4, -0.2) is 17.0 Å². The lowest BCUT2D eigenvalue weighted by Crippen LogP contribution is -2.41. The van der Waals surface area contributed by atoms with Gasteiger partial charge < -0.3 is 10.2 Å². The molecule has 3 heteroatoms. The van der Waals surface area contributed by atoms with Crippen LogP contribution < -0.4 is 5.32 Å². The summed E-state index contributed by atoms with van der Waals surface area (Å²) in [6.07, 6.45) is 8.00. The van der Waals surface area contributed by atoms with Gasteiger partial charge in [-0.15, -0.1) is 0 Å². The monoisotopic (exact) mass is 286 g/mol. The number of amides is 2. The number of urea groups is 1. The molecule has 1 fully saturated rings. The van der Waals surface area contributed by atoms with E-state index in [-0.39, 0.29) is 12.1 Å². The standard InChI is InChI=1S/C18H26N2O/c1-15(2)20(14-17-11-7-4-8-12-17)18(21)19-13-16-9-5-3-6-10-16/h4,7-8,11-13,15H,3,5-6,9-10,14H2,1-2H3,(H,19,21). The van der Waals surface area contributed by atoms with Crippen LogP contribution in [-0.2, 0) is 6.54 Å². The summed E-state index contributed by atoms with van der Waals surface area (Å²) in [5, 5.41) is 2.98. The minimum atomic E-state index is -0.00748. The number of nitrogens with one attached hydrogen (secondary N) is 1. The predicted molar refractivity (Wildman–Crippen MR) is 86.8 cm³/mol. The highest BCUT2D eigenvalue weighted by atomic mass is 16.2. The number of carbonyl (C=O) groups is 1. The summed E-state index contributed by atoms with van der Waals surface area (Å²) in [6.45, 7) is 4.75. The molecule has 0 spiro atoms. The van der Waals surface area contributed by atoms with E-state index in [0.29, 0.717) is 6.54 Å². The lowest BCUT2D eigenvalue weighted by Gasteiger charge is -2.27. The molecule has 0 unspecified atom stereocenters. The van der Waals surface area contributed by atoms with E-state index < -0.39 is 0 Å². The molecule has 1 aliphatic carbocycles. The van der Waals surface area contributed by atoms with E-state index in [4.69, 9.17) is 0 Å². The molecule has 1 N–H and O–H groups in total. The van der Waals surface area contributed by atoms with E-state index in [1.54, 1.807) is 0 Å². The van der Waals surface area contributed by atoms with Crippen LogP contribution in [0.1, 0.15) is 51.5 Å². The smallest absolute Gasteiger partial charge is 0.318 e. The van der Waals surface area contributed by atoms with Gasteiger partial charge in [0.05, 0.1) is 0 Å². The van der Waals surface area contributed by atoms with E-state index in [0.717, 1.165) is 18.4 Å². The number of hydrogen-bond donors (Lipinski definition) is 1. The molecule has 0 bridgehead atoms. The molecule has 1 aliphatic rings. The van der Waals surface area contributed by atoms with Crippen LogP contribution in [0.4, 0.5) is 4.79 Å². The van der Waals surface area contributed by atoms with Crippen molar-refractivity contribution < 1.29 is 4.79 Å². The summed E-state index contributed by atoms with van der Waals surface area (Å²) in [6, 6.07) is 10.3. The normalized spacial score (nSPS) is 14.9. The Bertz CT molecular complexity index is 471. The summed E-state index contributed by atoms with van der Waals surface area (Å²) >= 11 is 0. The lowest BCUT2D eigenvalue weighted by atomic mass is 9.96. The second kappa shape index (κ2) is 7.87. The first-order valence-corrected chi connectivity index (χ1v) is 7.96. The molecule has 2 rings (SSSR count). The maximum Gasteiger partial charge on any atom is 0.321 e. The Labute approximate surface area is 128 Å². The Morgan fingerprint density at radius 1 is 1.19 bits per heavy atom. The SMILES string of the molecule is CC(C)N(Cc1ccccc1)C(=O)NC=C1CCCCC1. The van der Waals surface area contributed by atoms with Crippen LogP contribution >= 0.6 is 0 Å². The summed E-state index contributed by atoms with van der Waals surface area (Å²) < 4.78 is 0. The first-order valence-electron chi connectivity index (χ1n) is 7.96. The number of allylic oxidation sites excluding steroid dienone is 1. The first kappa shape index (κ1) is 15.6. The van der Waals surface area contributed by atoms with Crippen molar-refractivity contribution in [3.8, 4) is 0 Å². The van der Waals surface area contributed by atoms with E-state index in [2.05, 4.69) is 31.3 Å². The lowest BCUT2D eigenvalue weighted by molar-refractivity contribution is 0.183. The number of carbonyl (C=O) groups excluding carboxylic acids is 1. The van der Waals surface area contributed by atoms with Crippen LogP contribution in [0.2, 0.25) is 0 Å². The van der Waals surface area contributed by atoms with Crippen LogP contribution in [0, 0.1) is 0 Å². The summed E-state index contributed by atoms with van der Waals surface area (Å²) in [4.78, 5) is 14.3. The van der Waals surface area contributed by atoms with Gasteiger partial charge >= 0.3 is 6.03 Å². The van der Waals surface area contributed by atoms with Gasteiger partial charge in [0.1, 0.15) is 0 Å². The molecular formula is C18H26N2O. The summed E-state index contributed by atoms with van der Waals surface area (Å²) in [5.74, 6) is 0. The van der Waals surface area contributed by atoms with Crippen LogP contribution in [0.15, 0.2) is 42.1 Å². The molecule has 1 aromatic rings. The third-order valence-corrected chi connectivity index (χ3v) is 3.98. The zero-order valence-corrected chi connectivity index (χ0v) is 13.1. The molecule has 0 heterocycles. The van der Waals surface area contributed by atoms with E-state index in [1.807, 2.05) is 29.3 Å². The van der Waals surface area contributed by atoms with Gasteiger partial charge in [0.15, 0.2) is 0 Å². The van der Waals surface area contributed by atoms with Gasteiger partial charge in [-0.3, -0.25) is 0 Å². The predicted octanol–water partition coefficient (Wildman–Crippen LogP) is 4.45. The minimum Gasteiger partial charge on any atom is -0.318 e. The molecule has 114 valence electrons. The molecule has 0 saturated heterocycles. The van der Waals surface area contributed by atoms with Crippen molar-refractivity contribution in [2.75, 3.05) is 0 Å². The summed E-state index contributed by atoms with van der Waals surface area (Å²) in [7, 11) is 0. The van der Waals surface area contributed by atoms with Crippen molar-refractivity contribution in [2.24, 2.45) is 0 Å². The second-order valence-corrected chi connectivity index (χ2v) is 6.02. The van der Waals surface area contributed by atoms with Gasteiger partial charge in [-0.05, 0) is 45.1 Å². The van der Waals surface area contributed by atoms with Crippen molar-refractivity contribution in [1.82, 2.24) is 10.2 Å². The minimum absolute atomic E-state index is 0.00748. The Hall–Kier alpha value is -1.77. The highest BCUT2D eigenvalue weighted by Crippen LogP contribution is 2.21. The average molecular weight is 286 g/mol. The van der Waals surface area contributed by atoms with Crippen molar-refractivity contribution in [3.05, 3.63) is 47.7 Å². The molecule has 0 aliphatic heterocycles. The Morgan fingerprint density at radius 3 is 2.48 bits per heavy atom. The van der Waals surface area contributed by atoms with Gasteiger partial charge in [-0.2, -0.15) is 0 Å². The maximum atomic E-state index is 12.4. The molecule has 0 atom stereocenters. The molecule has 1 saturated carbocycles. The number of hydrogen-bond acceptors (Lipinski definition) is 1. The molecular weight excluding hydrogens is 260 g/mol. The molecule has 0 radical (unpaired) electrons. The number of benzene rings is 1. The summed E-state index contributed by atoms with van der Waals surface area (Å²) in [5.41, 5.74) is 2.53. The van der Waals surface area contributed by atoms with Crippen LogP contribution in [0.3, 0.4) is 0 Å². The van der Waals surface area contributed by atoms with Crippen LogP contribution in [0.5, 0.6) is 0 Å². The topological polar surface area (TPSA) is 32.3 Å². The van der Waals surface area contributed by atoms with Gasteiger partial charge in [-0.1, -0.05) is 42.3 Å². The van der Waals surface area contributed by atoms with E-state index in [1.165, 1.54) is 24.8 Å². The first-order chi connectivity index (χ1) is 10.2. The highest BCUT2D eigenvalue weighted by molar-refractivity contribution is 5.75. The molecule has 1 aromatic carbocycles. The zero-order valence-electron chi connectivity index (χ0n) is 13.1. The largest absolute Gasteiger partial charge is 0.321 e. The Kier molecular flexibility index (Phi) is 5.85. The quantitative estimate of drug-likeness (QED) is 0.871. The van der Waals surface area contributed by atoms with Gasteiger partial charge in [0, 0.05) is 18.8 Å². The van der Waals surface area contributed by atoms with Crippen LogP contribution in [0.25, 0.3) is 0 Å². The fourth-order valence-corrected chi connectivity index (χ4v) is 2.67. The van der Waals surface area contributed by atoms with Crippen molar-refractivity contribution in [3.63, 3.8) is 0 Å².